The fourth-order valence-corrected chi connectivity index (χ4v) is 5.53. The van der Waals surface area contributed by atoms with Crippen LogP contribution in [0.5, 0.6) is 0 Å². The number of hydrogen-bond donors (Lipinski definition) is 0. The summed E-state index contributed by atoms with van der Waals surface area (Å²) in [5.74, 6) is -0.621. The number of fused-ring (bicyclic) bond motifs is 1. The molecule has 182 valence electrons. The summed E-state index contributed by atoms with van der Waals surface area (Å²) in [6, 6.07) is 13.6. The van der Waals surface area contributed by atoms with Gasteiger partial charge < -0.3 is 9.80 Å². The minimum absolute atomic E-state index is 0.0883. The maximum atomic E-state index is 13.3. The van der Waals surface area contributed by atoms with Gasteiger partial charge >= 0.3 is 0 Å². The SMILES string of the molecule is Cc1cccc(N2CCN(C(=O)c3ccc4c(c3)C(=O)N(CCC3=CCCCC3)C4=O)CC2C)c1. The molecule has 6 heteroatoms. The Bertz CT molecular complexity index is 1200. The topological polar surface area (TPSA) is 60.9 Å². The molecule has 1 atom stereocenters. The molecule has 3 amide bonds. The van der Waals surface area contributed by atoms with E-state index in [9.17, 15) is 14.4 Å². The molecule has 1 fully saturated rings. The van der Waals surface area contributed by atoms with Crippen LogP contribution in [0.3, 0.4) is 0 Å². The first kappa shape index (κ1) is 23.3. The van der Waals surface area contributed by atoms with Gasteiger partial charge in [-0.25, -0.2) is 0 Å². The molecule has 1 aliphatic carbocycles. The molecule has 0 N–H and O–H groups in total. The highest BCUT2D eigenvalue weighted by Gasteiger charge is 2.36. The summed E-state index contributed by atoms with van der Waals surface area (Å²) in [7, 11) is 0. The van der Waals surface area contributed by atoms with Crippen LogP contribution in [0.4, 0.5) is 5.69 Å². The highest BCUT2D eigenvalue weighted by molar-refractivity contribution is 6.22. The van der Waals surface area contributed by atoms with Crippen molar-refractivity contribution in [1.82, 2.24) is 9.80 Å². The van der Waals surface area contributed by atoms with Crippen molar-refractivity contribution in [3.63, 3.8) is 0 Å². The van der Waals surface area contributed by atoms with Gasteiger partial charge in [0, 0.05) is 43.5 Å². The molecule has 2 aromatic carbocycles. The minimum Gasteiger partial charge on any atom is -0.365 e. The number of nitrogens with zero attached hydrogens (tertiary/aromatic N) is 3. The fourth-order valence-electron chi connectivity index (χ4n) is 5.53. The number of piperazine rings is 1. The molecule has 1 saturated heterocycles. The Morgan fingerprint density at radius 3 is 2.57 bits per heavy atom. The normalized spacial score (nSPS) is 20.2. The zero-order valence-electron chi connectivity index (χ0n) is 20.6. The van der Waals surface area contributed by atoms with Crippen molar-refractivity contribution in [3.05, 3.63) is 76.4 Å². The van der Waals surface area contributed by atoms with Gasteiger partial charge in [0.25, 0.3) is 17.7 Å². The van der Waals surface area contributed by atoms with E-state index in [0.29, 0.717) is 36.3 Å². The Morgan fingerprint density at radius 2 is 1.83 bits per heavy atom. The van der Waals surface area contributed by atoms with Gasteiger partial charge in [-0.05, 0) is 81.8 Å². The van der Waals surface area contributed by atoms with Crippen molar-refractivity contribution in [3.8, 4) is 0 Å². The zero-order chi connectivity index (χ0) is 24.5. The maximum Gasteiger partial charge on any atom is 0.261 e. The number of hydrogen-bond acceptors (Lipinski definition) is 4. The third-order valence-corrected chi connectivity index (χ3v) is 7.51. The molecule has 35 heavy (non-hydrogen) atoms. The van der Waals surface area contributed by atoms with E-state index in [4.69, 9.17) is 0 Å². The van der Waals surface area contributed by atoms with Crippen LogP contribution in [-0.4, -0.2) is 59.7 Å². The average molecular weight is 472 g/mol. The molecule has 2 aromatic rings. The average Bonchev–Trinajstić information content (AvgIpc) is 3.11. The molecule has 2 heterocycles. The van der Waals surface area contributed by atoms with E-state index in [-0.39, 0.29) is 23.8 Å². The number of allylic oxidation sites excluding steroid dienone is 1. The second-order valence-corrected chi connectivity index (χ2v) is 10.0. The number of rotatable bonds is 5. The molecule has 0 aromatic heterocycles. The largest absolute Gasteiger partial charge is 0.365 e. The van der Waals surface area contributed by atoms with Gasteiger partial charge in [0.1, 0.15) is 0 Å². The van der Waals surface area contributed by atoms with E-state index in [1.165, 1.54) is 34.6 Å². The first-order valence-electron chi connectivity index (χ1n) is 12.7. The number of carbonyl (C=O) groups excluding carboxylic acids is 3. The Kier molecular flexibility index (Phi) is 6.46. The molecule has 2 aliphatic heterocycles. The third-order valence-electron chi connectivity index (χ3n) is 7.51. The lowest BCUT2D eigenvalue weighted by molar-refractivity contribution is 0.0655. The van der Waals surface area contributed by atoms with E-state index >= 15 is 0 Å². The Balaban J connectivity index is 1.26. The number of benzene rings is 2. The van der Waals surface area contributed by atoms with Crippen LogP contribution < -0.4 is 4.90 Å². The predicted octanol–water partition coefficient (Wildman–Crippen LogP) is 4.83. The number of carbonyl (C=O) groups is 3. The van der Waals surface area contributed by atoms with Gasteiger partial charge in [-0.15, -0.1) is 0 Å². The fraction of sp³-hybridized carbons (Fsp3) is 0.414. The number of aryl methyl sites for hydroxylation is 1. The van der Waals surface area contributed by atoms with Crippen molar-refractivity contribution in [2.45, 2.75) is 52.0 Å². The van der Waals surface area contributed by atoms with Gasteiger partial charge in [-0.3, -0.25) is 19.3 Å². The molecule has 0 bridgehead atoms. The van der Waals surface area contributed by atoms with Crippen molar-refractivity contribution >= 4 is 23.4 Å². The number of imide groups is 1. The van der Waals surface area contributed by atoms with Crippen LogP contribution in [0, 0.1) is 6.92 Å². The molecule has 6 nitrogen and oxygen atoms in total. The second-order valence-electron chi connectivity index (χ2n) is 10.0. The molecule has 0 spiro atoms. The van der Waals surface area contributed by atoms with E-state index in [1.807, 2.05) is 4.90 Å². The van der Waals surface area contributed by atoms with Crippen LogP contribution in [-0.2, 0) is 0 Å². The lowest BCUT2D eigenvalue weighted by atomic mass is 9.97. The van der Waals surface area contributed by atoms with Gasteiger partial charge in [-0.2, -0.15) is 0 Å². The summed E-state index contributed by atoms with van der Waals surface area (Å²) in [6.07, 6.45) is 7.51. The monoisotopic (exact) mass is 471 g/mol. The zero-order valence-corrected chi connectivity index (χ0v) is 20.6. The minimum atomic E-state index is -0.284. The van der Waals surface area contributed by atoms with Gasteiger partial charge in [-0.1, -0.05) is 23.8 Å². The summed E-state index contributed by atoms with van der Waals surface area (Å²) in [4.78, 5) is 44.8. The van der Waals surface area contributed by atoms with Gasteiger partial charge in [0.2, 0.25) is 0 Å². The molecule has 0 saturated carbocycles. The molecule has 0 radical (unpaired) electrons. The van der Waals surface area contributed by atoms with Gasteiger partial charge in [0.05, 0.1) is 11.1 Å². The standard InChI is InChI=1S/C29H33N3O3/c1-20-7-6-10-24(17-20)31-16-15-30(19-21(31)2)27(33)23-11-12-25-26(18-23)29(35)32(28(25)34)14-13-22-8-4-3-5-9-22/h6-8,10-12,17-18,21H,3-5,9,13-16,19H2,1-2H3. The quantitative estimate of drug-likeness (QED) is 0.463. The summed E-state index contributed by atoms with van der Waals surface area (Å²) in [6.45, 7) is 6.59. The Morgan fingerprint density at radius 1 is 1.00 bits per heavy atom. The lowest BCUT2D eigenvalue weighted by Gasteiger charge is -2.41. The Labute approximate surface area is 207 Å². The molecule has 5 rings (SSSR count). The van der Waals surface area contributed by atoms with Crippen LogP contribution in [0.1, 0.15) is 75.7 Å². The van der Waals surface area contributed by atoms with Crippen molar-refractivity contribution in [2.75, 3.05) is 31.1 Å². The van der Waals surface area contributed by atoms with Crippen molar-refractivity contribution in [2.24, 2.45) is 0 Å². The van der Waals surface area contributed by atoms with E-state index in [0.717, 1.165) is 25.8 Å². The summed E-state index contributed by atoms with van der Waals surface area (Å²) >= 11 is 0. The number of anilines is 1. The van der Waals surface area contributed by atoms with Crippen LogP contribution in [0.15, 0.2) is 54.1 Å². The highest BCUT2D eigenvalue weighted by Crippen LogP contribution is 2.28. The van der Waals surface area contributed by atoms with Crippen LogP contribution >= 0.6 is 0 Å². The smallest absolute Gasteiger partial charge is 0.261 e. The molecule has 3 aliphatic rings. The maximum absolute atomic E-state index is 13.3. The van der Waals surface area contributed by atoms with E-state index in [1.54, 1.807) is 18.2 Å². The van der Waals surface area contributed by atoms with Crippen LogP contribution in [0.2, 0.25) is 0 Å². The molecular weight excluding hydrogens is 438 g/mol. The summed E-state index contributed by atoms with van der Waals surface area (Å²) < 4.78 is 0. The second kappa shape index (κ2) is 9.68. The van der Waals surface area contributed by atoms with Gasteiger partial charge in [0.15, 0.2) is 0 Å². The Hall–Kier alpha value is -3.41. The van der Waals surface area contributed by atoms with E-state index < -0.39 is 0 Å². The summed E-state index contributed by atoms with van der Waals surface area (Å²) in [5, 5.41) is 0. The molecular formula is C29H33N3O3. The van der Waals surface area contributed by atoms with Crippen molar-refractivity contribution < 1.29 is 14.4 Å². The third kappa shape index (κ3) is 4.62. The van der Waals surface area contributed by atoms with Crippen LogP contribution in [0.25, 0.3) is 0 Å². The lowest BCUT2D eigenvalue weighted by Crippen LogP contribution is -2.53. The predicted molar refractivity (Wildman–Crippen MR) is 137 cm³/mol. The number of amides is 3. The first-order valence-corrected chi connectivity index (χ1v) is 12.7. The highest BCUT2D eigenvalue weighted by atomic mass is 16.2. The summed E-state index contributed by atoms with van der Waals surface area (Å²) in [5.41, 5.74) is 4.96. The first-order chi connectivity index (χ1) is 16.9. The molecule has 1 unspecified atom stereocenters. The van der Waals surface area contributed by atoms with E-state index in [2.05, 4.69) is 49.1 Å². The van der Waals surface area contributed by atoms with Crippen molar-refractivity contribution in [1.29, 1.82) is 0 Å².